The second kappa shape index (κ2) is 7.00. The summed E-state index contributed by atoms with van der Waals surface area (Å²) in [6.07, 6.45) is 3.63. The molecule has 1 rings (SSSR count). The molecule has 110 valence electrons. The van der Waals surface area contributed by atoms with Crippen LogP contribution in [0.25, 0.3) is 0 Å². The third-order valence-corrected chi connectivity index (χ3v) is 4.02. The van der Waals surface area contributed by atoms with E-state index in [0.717, 1.165) is 5.75 Å². The lowest BCUT2D eigenvalue weighted by atomic mass is 9.93. The van der Waals surface area contributed by atoms with Crippen LogP contribution in [-0.4, -0.2) is 58.7 Å². The van der Waals surface area contributed by atoms with E-state index in [1.165, 1.54) is 0 Å². The molecule has 0 aromatic rings. The van der Waals surface area contributed by atoms with Gasteiger partial charge in [0.25, 0.3) is 0 Å². The van der Waals surface area contributed by atoms with Gasteiger partial charge >= 0.3 is 6.03 Å². The molecule has 1 saturated heterocycles. The number of hydrogen-bond acceptors (Lipinski definition) is 4. The van der Waals surface area contributed by atoms with Crippen LogP contribution in [-0.2, 0) is 4.79 Å². The molecule has 6 nitrogen and oxygen atoms in total. The predicted octanol–water partition coefficient (Wildman–Crippen LogP) is 0.150. The zero-order chi connectivity index (χ0) is 14.5. The molecule has 3 amide bonds. The molecule has 0 aromatic carbocycles. The Hall–Kier alpha value is -0.950. The van der Waals surface area contributed by atoms with Gasteiger partial charge in [-0.2, -0.15) is 11.8 Å². The molecule has 0 spiro atoms. The van der Waals surface area contributed by atoms with Crippen LogP contribution in [0.3, 0.4) is 0 Å². The van der Waals surface area contributed by atoms with Crippen molar-refractivity contribution in [2.45, 2.75) is 37.8 Å². The van der Waals surface area contributed by atoms with Crippen LogP contribution in [0.1, 0.15) is 26.2 Å². The van der Waals surface area contributed by atoms with Gasteiger partial charge in [0.15, 0.2) is 0 Å². The lowest BCUT2D eigenvalue weighted by molar-refractivity contribution is -0.137. The van der Waals surface area contributed by atoms with Gasteiger partial charge in [0, 0.05) is 13.1 Å². The highest BCUT2D eigenvalue weighted by Gasteiger charge is 2.32. The van der Waals surface area contributed by atoms with Gasteiger partial charge in [-0.05, 0) is 38.2 Å². The van der Waals surface area contributed by atoms with Crippen molar-refractivity contribution in [2.75, 3.05) is 25.1 Å². The van der Waals surface area contributed by atoms with Gasteiger partial charge in [-0.15, -0.1) is 0 Å². The number of carbonyl (C=O) groups is 2. The van der Waals surface area contributed by atoms with E-state index < -0.39 is 17.7 Å². The maximum absolute atomic E-state index is 12.3. The number of piperidine rings is 1. The number of nitrogens with one attached hydrogen (secondary N) is 1. The van der Waals surface area contributed by atoms with Crippen LogP contribution in [0.4, 0.5) is 4.79 Å². The van der Waals surface area contributed by atoms with Gasteiger partial charge in [-0.1, -0.05) is 0 Å². The number of amides is 3. The molecule has 1 aliphatic heterocycles. The Balaban J connectivity index is 2.58. The minimum absolute atomic E-state index is 0.108. The lowest BCUT2D eigenvalue weighted by Gasteiger charge is -2.37. The molecule has 1 fully saturated rings. The van der Waals surface area contributed by atoms with E-state index in [4.69, 9.17) is 5.73 Å². The number of urea groups is 1. The van der Waals surface area contributed by atoms with Crippen LogP contribution in [0.15, 0.2) is 0 Å². The third kappa shape index (κ3) is 5.28. The molecule has 4 N–H and O–H groups in total. The van der Waals surface area contributed by atoms with Crippen molar-refractivity contribution in [2.24, 2.45) is 5.73 Å². The van der Waals surface area contributed by atoms with Crippen molar-refractivity contribution in [3.8, 4) is 0 Å². The summed E-state index contributed by atoms with van der Waals surface area (Å²) in [4.78, 5) is 25.0. The molecule has 1 heterocycles. The smallest absolute Gasteiger partial charge is 0.312 e. The Morgan fingerprint density at radius 1 is 1.47 bits per heavy atom. The van der Waals surface area contributed by atoms with Crippen LogP contribution in [0.5, 0.6) is 0 Å². The summed E-state index contributed by atoms with van der Waals surface area (Å²) in [5.74, 6) is 0.672. The summed E-state index contributed by atoms with van der Waals surface area (Å²) in [5, 5.41) is 12.4. The van der Waals surface area contributed by atoms with Crippen molar-refractivity contribution >= 4 is 23.7 Å². The maximum atomic E-state index is 12.3. The SMILES string of the molecule is CSCCC(NC(N)=O)C(=O)N1CCC(C)(O)CC1. The Kier molecular flexibility index (Phi) is 5.93. The van der Waals surface area contributed by atoms with Crippen molar-refractivity contribution < 1.29 is 14.7 Å². The van der Waals surface area contributed by atoms with Crippen LogP contribution in [0, 0.1) is 0 Å². The fourth-order valence-electron chi connectivity index (χ4n) is 2.09. The van der Waals surface area contributed by atoms with E-state index >= 15 is 0 Å². The normalized spacial score (nSPS) is 19.8. The monoisotopic (exact) mass is 289 g/mol. The summed E-state index contributed by atoms with van der Waals surface area (Å²) in [7, 11) is 0. The first-order chi connectivity index (χ1) is 8.85. The molecule has 1 unspecified atom stereocenters. The summed E-state index contributed by atoms with van der Waals surface area (Å²) < 4.78 is 0. The zero-order valence-corrected chi connectivity index (χ0v) is 12.3. The topological polar surface area (TPSA) is 95.7 Å². The quantitative estimate of drug-likeness (QED) is 0.671. The number of carbonyl (C=O) groups excluding carboxylic acids is 2. The average molecular weight is 289 g/mol. The van der Waals surface area contributed by atoms with Gasteiger partial charge in [0.05, 0.1) is 5.60 Å². The van der Waals surface area contributed by atoms with Crippen LogP contribution in [0.2, 0.25) is 0 Å². The van der Waals surface area contributed by atoms with Crippen molar-refractivity contribution in [3.63, 3.8) is 0 Å². The van der Waals surface area contributed by atoms with Gasteiger partial charge in [-0.25, -0.2) is 4.79 Å². The highest BCUT2D eigenvalue weighted by molar-refractivity contribution is 7.98. The lowest BCUT2D eigenvalue weighted by Crippen LogP contribution is -2.54. The number of primary amides is 1. The molecule has 0 bridgehead atoms. The molecule has 1 atom stereocenters. The minimum atomic E-state index is -0.692. The van der Waals surface area contributed by atoms with E-state index in [1.807, 2.05) is 6.26 Å². The van der Waals surface area contributed by atoms with Crippen molar-refractivity contribution in [1.29, 1.82) is 0 Å². The summed E-state index contributed by atoms with van der Waals surface area (Å²) in [5.41, 5.74) is 4.42. The van der Waals surface area contributed by atoms with Crippen molar-refractivity contribution in [3.05, 3.63) is 0 Å². The van der Waals surface area contributed by atoms with E-state index in [2.05, 4.69) is 5.32 Å². The Labute approximate surface area is 118 Å². The molecule has 0 aromatic heterocycles. The Morgan fingerprint density at radius 3 is 2.53 bits per heavy atom. The van der Waals surface area contributed by atoms with Crippen LogP contribution >= 0.6 is 11.8 Å². The molecule has 19 heavy (non-hydrogen) atoms. The number of likely N-dealkylation sites (tertiary alicyclic amines) is 1. The van der Waals surface area contributed by atoms with E-state index in [1.54, 1.807) is 23.6 Å². The highest BCUT2D eigenvalue weighted by Crippen LogP contribution is 2.21. The second-order valence-electron chi connectivity index (χ2n) is 5.16. The fourth-order valence-corrected chi connectivity index (χ4v) is 2.57. The summed E-state index contributed by atoms with van der Waals surface area (Å²) in [6, 6.07) is -1.24. The number of rotatable bonds is 5. The van der Waals surface area contributed by atoms with Gasteiger partial charge in [0.2, 0.25) is 5.91 Å². The fraction of sp³-hybridized carbons (Fsp3) is 0.833. The molecule has 1 aliphatic rings. The summed E-state index contributed by atoms with van der Waals surface area (Å²) in [6.45, 7) is 2.81. The summed E-state index contributed by atoms with van der Waals surface area (Å²) >= 11 is 1.62. The van der Waals surface area contributed by atoms with E-state index in [9.17, 15) is 14.7 Å². The van der Waals surface area contributed by atoms with E-state index in [-0.39, 0.29) is 5.91 Å². The first kappa shape index (κ1) is 16.1. The maximum Gasteiger partial charge on any atom is 0.312 e. The minimum Gasteiger partial charge on any atom is -0.390 e. The predicted molar refractivity (Wildman–Crippen MR) is 75.9 cm³/mol. The number of nitrogens with two attached hydrogens (primary N) is 1. The molecular weight excluding hydrogens is 266 g/mol. The van der Waals surface area contributed by atoms with Gasteiger partial charge < -0.3 is 21.1 Å². The Bertz CT molecular complexity index is 326. The third-order valence-electron chi connectivity index (χ3n) is 3.38. The Morgan fingerprint density at radius 2 is 2.05 bits per heavy atom. The molecule has 0 saturated carbocycles. The van der Waals surface area contributed by atoms with Gasteiger partial charge in [0.1, 0.15) is 6.04 Å². The van der Waals surface area contributed by atoms with Gasteiger partial charge in [-0.3, -0.25) is 4.79 Å². The van der Waals surface area contributed by atoms with E-state index in [0.29, 0.717) is 32.4 Å². The van der Waals surface area contributed by atoms with Crippen molar-refractivity contribution in [1.82, 2.24) is 10.2 Å². The standard InChI is InChI=1S/C12H23N3O3S/c1-12(18)4-6-15(7-5-12)10(16)9(3-8-19-2)14-11(13)17/h9,18H,3-8H2,1-2H3,(H3,13,14,17). The number of thioether (sulfide) groups is 1. The van der Waals surface area contributed by atoms with Crippen LogP contribution < -0.4 is 11.1 Å². The number of nitrogens with zero attached hydrogens (tertiary/aromatic N) is 1. The highest BCUT2D eigenvalue weighted by atomic mass is 32.2. The second-order valence-corrected chi connectivity index (χ2v) is 6.15. The molecular formula is C12H23N3O3S. The number of hydrogen-bond donors (Lipinski definition) is 3. The zero-order valence-electron chi connectivity index (χ0n) is 11.5. The largest absolute Gasteiger partial charge is 0.390 e. The molecule has 7 heteroatoms. The first-order valence-corrected chi connectivity index (χ1v) is 7.81. The number of aliphatic hydroxyl groups is 1. The first-order valence-electron chi connectivity index (χ1n) is 6.42. The molecule has 0 aliphatic carbocycles. The molecule has 0 radical (unpaired) electrons. The average Bonchev–Trinajstić information content (AvgIpc) is 2.33.